The molecule has 0 aromatic heterocycles. The molecule has 1 spiro atoms. The molecule has 6 atom stereocenters. The minimum absolute atomic E-state index is 0.0306. The molecule has 4 heterocycles. The van der Waals surface area contributed by atoms with Gasteiger partial charge in [0.25, 0.3) is 0 Å². The first kappa shape index (κ1) is 29.1. The Balaban J connectivity index is 1.62. The molecule has 4 saturated heterocycles. The summed E-state index contributed by atoms with van der Waals surface area (Å²) in [5.74, 6) is -1.56. The molecule has 2 amide bonds. The van der Waals surface area contributed by atoms with Gasteiger partial charge in [0.1, 0.15) is 6.04 Å². The van der Waals surface area contributed by atoms with E-state index in [1.807, 2.05) is 4.90 Å². The molecule has 3 unspecified atom stereocenters. The van der Waals surface area contributed by atoms with E-state index in [0.717, 1.165) is 26.1 Å². The minimum atomic E-state index is -0.668. The summed E-state index contributed by atoms with van der Waals surface area (Å²) < 4.78 is 10.4. The topological polar surface area (TPSA) is 99.6 Å². The van der Waals surface area contributed by atoms with Crippen molar-refractivity contribution in [1.82, 2.24) is 14.7 Å². The molecule has 4 rings (SSSR count). The van der Waals surface area contributed by atoms with Crippen molar-refractivity contribution >= 4 is 29.5 Å². The fourth-order valence-electron chi connectivity index (χ4n) is 6.75. The number of aliphatic hydroxyl groups excluding tert-OH is 1. The Morgan fingerprint density at radius 2 is 2.00 bits per heavy atom. The number of hydrogen-bond acceptors (Lipinski definition) is 8. The number of morpholine rings is 1. The molecule has 9 nitrogen and oxygen atoms in total. The second-order valence-corrected chi connectivity index (χ2v) is 12.3. The normalized spacial score (nSPS) is 32.3. The van der Waals surface area contributed by atoms with Crippen molar-refractivity contribution in [3.63, 3.8) is 0 Å². The number of fused-ring (bicyclic) bond motifs is 1. The maximum Gasteiger partial charge on any atom is 0.310 e. The average molecular weight is 550 g/mol. The number of hydrogen-bond donors (Lipinski definition) is 1. The lowest BCUT2D eigenvalue weighted by molar-refractivity contribution is -0.154. The smallest absolute Gasteiger partial charge is 0.310 e. The Morgan fingerprint density at radius 3 is 2.68 bits per heavy atom. The number of likely N-dealkylation sites (tertiary alicyclic amines) is 1. The van der Waals surface area contributed by atoms with E-state index < -0.39 is 22.6 Å². The third-order valence-corrected chi connectivity index (χ3v) is 10.7. The zero-order valence-corrected chi connectivity index (χ0v) is 23.4. The molecule has 38 heavy (non-hydrogen) atoms. The van der Waals surface area contributed by atoms with E-state index in [-0.39, 0.29) is 42.2 Å². The van der Waals surface area contributed by atoms with Crippen LogP contribution < -0.4 is 0 Å². The maximum atomic E-state index is 14.4. The summed E-state index contributed by atoms with van der Waals surface area (Å²) in [6.07, 6.45) is 5.93. The summed E-state index contributed by atoms with van der Waals surface area (Å²) in [5.41, 5.74) is 0. The number of esters is 1. The van der Waals surface area contributed by atoms with Crippen molar-refractivity contribution in [3.05, 3.63) is 25.3 Å². The number of amides is 2. The van der Waals surface area contributed by atoms with Crippen LogP contribution in [0.2, 0.25) is 0 Å². The summed E-state index contributed by atoms with van der Waals surface area (Å²) in [7, 11) is 0. The number of rotatable bonds is 14. The highest BCUT2D eigenvalue weighted by Gasteiger charge is 2.76. The molecule has 10 heteroatoms. The van der Waals surface area contributed by atoms with Gasteiger partial charge in [-0.05, 0) is 31.6 Å². The Hall–Kier alpha value is -1.88. The van der Waals surface area contributed by atoms with Crippen LogP contribution in [-0.2, 0) is 23.9 Å². The molecule has 2 bridgehead atoms. The van der Waals surface area contributed by atoms with Gasteiger partial charge in [-0.15, -0.1) is 24.9 Å². The van der Waals surface area contributed by atoms with Gasteiger partial charge in [0.05, 0.1) is 36.4 Å². The highest BCUT2D eigenvalue weighted by molar-refractivity contribution is 8.02. The molecule has 0 radical (unpaired) electrons. The minimum Gasteiger partial charge on any atom is -0.465 e. The third kappa shape index (κ3) is 5.42. The van der Waals surface area contributed by atoms with Crippen molar-refractivity contribution in [2.24, 2.45) is 17.8 Å². The van der Waals surface area contributed by atoms with Gasteiger partial charge >= 0.3 is 5.97 Å². The number of unbranched alkanes of at least 4 members (excludes halogenated alkanes) is 1. The monoisotopic (exact) mass is 549 g/mol. The number of thioether (sulfide) groups is 1. The second-order valence-electron chi connectivity index (χ2n) is 10.8. The maximum absolute atomic E-state index is 14.4. The van der Waals surface area contributed by atoms with Crippen LogP contribution in [0.5, 0.6) is 0 Å². The second kappa shape index (κ2) is 13.0. The van der Waals surface area contributed by atoms with Gasteiger partial charge < -0.3 is 24.4 Å². The Morgan fingerprint density at radius 1 is 1.24 bits per heavy atom. The first-order valence-electron chi connectivity index (χ1n) is 14.0. The van der Waals surface area contributed by atoms with E-state index >= 15 is 0 Å². The number of carbonyl (C=O) groups excluding carboxylic acids is 3. The molecule has 0 aliphatic carbocycles. The molecule has 212 valence electrons. The molecule has 4 aliphatic heterocycles. The number of ether oxygens (including phenoxy) is 2. The van der Waals surface area contributed by atoms with Crippen LogP contribution in [0.3, 0.4) is 0 Å². The van der Waals surface area contributed by atoms with Crippen LogP contribution in [0.4, 0.5) is 0 Å². The van der Waals surface area contributed by atoms with Crippen molar-refractivity contribution in [1.29, 1.82) is 0 Å². The Kier molecular flexibility index (Phi) is 9.95. The van der Waals surface area contributed by atoms with E-state index in [4.69, 9.17) is 9.47 Å². The van der Waals surface area contributed by atoms with E-state index in [1.165, 1.54) is 0 Å². The third-order valence-electron chi connectivity index (χ3n) is 8.58. The zero-order chi connectivity index (χ0) is 27.3. The van der Waals surface area contributed by atoms with Gasteiger partial charge in [0.2, 0.25) is 11.8 Å². The van der Waals surface area contributed by atoms with Gasteiger partial charge in [0.15, 0.2) is 0 Å². The van der Waals surface area contributed by atoms with Crippen LogP contribution in [-0.4, -0.2) is 119 Å². The van der Waals surface area contributed by atoms with E-state index in [1.54, 1.807) is 28.8 Å². The molecule has 0 aromatic carbocycles. The zero-order valence-electron chi connectivity index (χ0n) is 22.6. The number of nitrogens with zero attached hydrogens (tertiary/aromatic N) is 3. The number of aliphatic hydroxyl groups is 1. The Bertz CT molecular complexity index is 896. The summed E-state index contributed by atoms with van der Waals surface area (Å²) in [6, 6.07) is -0.653. The van der Waals surface area contributed by atoms with Crippen LogP contribution in [0.1, 0.15) is 32.6 Å². The summed E-state index contributed by atoms with van der Waals surface area (Å²) in [5, 5.41) is 9.35. The SMILES string of the molecule is C=CCCOC(=O)[C@@H]1[C@@H]2CC(C)C3(S2)C(C(=O)N(CC=C)CCN2CCOCC2)N(CCCCO)C(=O)[C@H]13. The summed E-state index contributed by atoms with van der Waals surface area (Å²) in [6.45, 7) is 15.1. The van der Waals surface area contributed by atoms with Crippen LogP contribution >= 0.6 is 11.8 Å². The van der Waals surface area contributed by atoms with Crippen molar-refractivity contribution in [2.45, 2.75) is 48.6 Å². The predicted molar refractivity (Wildman–Crippen MR) is 147 cm³/mol. The first-order chi connectivity index (χ1) is 18.4. The quantitative estimate of drug-likeness (QED) is 0.198. The highest BCUT2D eigenvalue weighted by atomic mass is 32.2. The lowest BCUT2D eigenvalue weighted by Gasteiger charge is -2.41. The van der Waals surface area contributed by atoms with Crippen LogP contribution in [0.25, 0.3) is 0 Å². The standard InChI is InChI=1S/C28H43N3O6S/c1-4-6-16-37-27(35)22-21-19-20(3)28(38-21)23(22)25(33)31(10-7-8-15-32)24(28)26(34)30(9-5-2)12-11-29-13-17-36-18-14-29/h4-5,20-24,32H,1-2,6-19H2,3H3/t20?,21-,22+,23-,24?,28?/m0/s1. The lowest BCUT2D eigenvalue weighted by Crippen LogP contribution is -2.58. The fraction of sp³-hybridized carbons (Fsp3) is 0.750. The molecular formula is C28H43N3O6S. The van der Waals surface area contributed by atoms with Crippen LogP contribution in [0, 0.1) is 17.8 Å². The Labute approximate surface area is 230 Å². The van der Waals surface area contributed by atoms with Crippen molar-refractivity contribution in [3.8, 4) is 0 Å². The fourth-order valence-corrected chi connectivity index (χ4v) is 9.15. The predicted octanol–water partition coefficient (Wildman–Crippen LogP) is 1.56. The largest absolute Gasteiger partial charge is 0.465 e. The average Bonchev–Trinajstić information content (AvgIpc) is 3.51. The molecule has 1 N–H and O–H groups in total. The number of carbonyl (C=O) groups is 3. The molecule has 0 saturated carbocycles. The summed E-state index contributed by atoms with van der Waals surface area (Å²) >= 11 is 1.66. The van der Waals surface area contributed by atoms with Gasteiger partial charge in [-0.25, -0.2) is 0 Å². The summed E-state index contributed by atoms with van der Waals surface area (Å²) in [4.78, 5) is 47.6. The van der Waals surface area contributed by atoms with E-state index in [2.05, 4.69) is 25.0 Å². The van der Waals surface area contributed by atoms with E-state index in [0.29, 0.717) is 52.1 Å². The van der Waals surface area contributed by atoms with Gasteiger partial charge in [-0.3, -0.25) is 19.3 Å². The molecular weight excluding hydrogens is 506 g/mol. The van der Waals surface area contributed by atoms with E-state index in [9.17, 15) is 19.5 Å². The lowest BCUT2D eigenvalue weighted by atomic mass is 9.66. The van der Waals surface area contributed by atoms with Crippen molar-refractivity contribution in [2.75, 3.05) is 65.7 Å². The van der Waals surface area contributed by atoms with Gasteiger partial charge in [-0.1, -0.05) is 19.1 Å². The molecule has 0 aromatic rings. The van der Waals surface area contributed by atoms with Gasteiger partial charge in [0, 0.05) is 51.1 Å². The molecule has 4 aliphatic rings. The van der Waals surface area contributed by atoms with Crippen LogP contribution in [0.15, 0.2) is 25.3 Å². The van der Waals surface area contributed by atoms with Gasteiger partial charge in [-0.2, -0.15) is 0 Å². The first-order valence-corrected chi connectivity index (χ1v) is 14.8. The molecule has 4 fully saturated rings. The highest BCUT2D eigenvalue weighted by Crippen LogP contribution is 2.68. The van der Waals surface area contributed by atoms with Crippen molar-refractivity contribution < 1.29 is 29.0 Å².